The molecule has 178 valence electrons. The summed E-state index contributed by atoms with van der Waals surface area (Å²) in [5.74, 6) is 1.07. The number of hydrogen-bond acceptors (Lipinski definition) is 6. The first kappa shape index (κ1) is 22.8. The van der Waals surface area contributed by atoms with Gasteiger partial charge in [0.1, 0.15) is 5.75 Å². The summed E-state index contributed by atoms with van der Waals surface area (Å²) in [5.41, 5.74) is 3.23. The zero-order valence-corrected chi connectivity index (χ0v) is 20.5. The Morgan fingerprint density at radius 3 is 2.70 bits per heavy atom. The maximum Gasteiger partial charge on any atom is 0.228 e. The van der Waals surface area contributed by atoms with Crippen LogP contribution in [0.1, 0.15) is 55.8 Å². The Morgan fingerprint density at radius 2 is 1.97 bits per heavy atom. The highest BCUT2D eigenvalue weighted by Crippen LogP contribution is 2.53. The minimum Gasteiger partial charge on any atom is -0.508 e. The van der Waals surface area contributed by atoms with Crippen LogP contribution < -0.4 is 0 Å². The molecule has 3 heterocycles. The monoisotopic (exact) mass is 469 g/mol. The molecule has 33 heavy (non-hydrogen) atoms. The molecule has 2 aliphatic heterocycles. The van der Waals surface area contributed by atoms with Crippen molar-refractivity contribution in [2.45, 2.75) is 69.4 Å². The smallest absolute Gasteiger partial charge is 0.228 e. The number of rotatable bonds is 5. The first-order valence-electron chi connectivity index (χ1n) is 12.2. The molecule has 1 aliphatic carbocycles. The zero-order chi connectivity index (χ0) is 23.2. The number of aromatic nitrogens is 1. The average molecular weight is 470 g/mol. The van der Waals surface area contributed by atoms with Gasteiger partial charge < -0.3 is 15.1 Å². The third-order valence-electron chi connectivity index (χ3n) is 8.56. The maximum atomic E-state index is 13.1. The number of benzene rings is 1. The van der Waals surface area contributed by atoms with E-state index in [-0.39, 0.29) is 17.7 Å². The van der Waals surface area contributed by atoms with Gasteiger partial charge in [-0.15, -0.1) is 11.3 Å². The molecule has 0 radical (unpaired) electrons. The molecule has 3 atom stereocenters. The van der Waals surface area contributed by atoms with Gasteiger partial charge in [0, 0.05) is 36.5 Å². The fourth-order valence-electron chi connectivity index (χ4n) is 6.33. The highest BCUT2D eigenvalue weighted by molar-refractivity contribution is 7.07. The molecule has 1 aromatic carbocycles. The number of phenolic OH excluding ortho intramolecular Hbond substituents is 1. The SMILES string of the molecule is Cc1ccc(O)cc1C12CCN(C(=O)Cc3cscn3)CCC1(O)C(C)N(CC1CC1)CC2. The maximum absolute atomic E-state index is 13.1. The number of carbonyl (C=O) groups is 1. The topological polar surface area (TPSA) is 76.9 Å². The fraction of sp³-hybridized carbons (Fsp3) is 0.615. The summed E-state index contributed by atoms with van der Waals surface area (Å²) >= 11 is 1.51. The minimum atomic E-state index is -0.978. The van der Waals surface area contributed by atoms with Gasteiger partial charge in [-0.3, -0.25) is 9.69 Å². The van der Waals surface area contributed by atoms with E-state index in [0.717, 1.165) is 42.2 Å². The molecule has 1 amide bonds. The molecule has 1 saturated carbocycles. The third-order valence-corrected chi connectivity index (χ3v) is 9.19. The zero-order valence-electron chi connectivity index (χ0n) is 19.7. The van der Waals surface area contributed by atoms with Crippen LogP contribution in [0, 0.1) is 12.8 Å². The average Bonchev–Trinajstić information content (AvgIpc) is 3.50. The van der Waals surface area contributed by atoms with E-state index in [2.05, 4.69) is 23.7 Å². The van der Waals surface area contributed by atoms with Crippen LogP contribution in [0.4, 0.5) is 0 Å². The second-order valence-electron chi connectivity index (χ2n) is 10.4. The summed E-state index contributed by atoms with van der Waals surface area (Å²) in [6.07, 6.45) is 4.95. The number of likely N-dealkylation sites (tertiary alicyclic amines) is 2. The number of phenols is 1. The molecule has 7 heteroatoms. The van der Waals surface area contributed by atoms with Crippen molar-refractivity contribution < 1.29 is 15.0 Å². The van der Waals surface area contributed by atoms with Crippen molar-refractivity contribution in [2.75, 3.05) is 26.2 Å². The van der Waals surface area contributed by atoms with E-state index < -0.39 is 11.0 Å². The molecule has 0 spiro atoms. The Hall–Kier alpha value is -1.96. The fourth-order valence-corrected chi connectivity index (χ4v) is 6.89. The van der Waals surface area contributed by atoms with Gasteiger partial charge in [-0.2, -0.15) is 0 Å². The van der Waals surface area contributed by atoms with E-state index in [1.165, 1.54) is 24.2 Å². The lowest BCUT2D eigenvalue weighted by molar-refractivity contribution is -0.137. The van der Waals surface area contributed by atoms with Crippen LogP contribution in [0.5, 0.6) is 5.75 Å². The van der Waals surface area contributed by atoms with E-state index in [1.807, 2.05) is 22.4 Å². The Kier molecular flexibility index (Phi) is 6.00. The summed E-state index contributed by atoms with van der Waals surface area (Å²) in [6.45, 7) is 7.37. The van der Waals surface area contributed by atoms with E-state index in [1.54, 1.807) is 11.6 Å². The van der Waals surface area contributed by atoms with Gasteiger partial charge in [0.05, 0.1) is 23.2 Å². The molecule has 5 rings (SSSR count). The van der Waals surface area contributed by atoms with Crippen LogP contribution in [0.3, 0.4) is 0 Å². The summed E-state index contributed by atoms with van der Waals surface area (Å²) in [4.78, 5) is 21.8. The number of fused-ring (bicyclic) bond motifs is 1. The number of amides is 1. The predicted octanol–water partition coefficient (Wildman–Crippen LogP) is 3.50. The van der Waals surface area contributed by atoms with Gasteiger partial charge in [-0.1, -0.05) is 6.07 Å². The second-order valence-corrected chi connectivity index (χ2v) is 11.1. The van der Waals surface area contributed by atoms with Gasteiger partial charge >= 0.3 is 0 Å². The Balaban J connectivity index is 1.49. The van der Waals surface area contributed by atoms with Crippen molar-refractivity contribution in [3.8, 4) is 5.75 Å². The summed E-state index contributed by atoms with van der Waals surface area (Å²) in [7, 11) is 0. The van der Waals surface area contributed by atoms with Crippen molar-refractivity contribution in [1.82, 2.24) is 14.8 Å². The Bertz CT molecular complexity index is 1010. The minimum absolute atomic E-state index is 0.0119. The lowest BCUT2D eigenvalue weighted by Gasteiger charge is -2.57. The van der Waals surface area contributed by atoms with Crippen LogP contribution in [0.2, 0.25) is 0 Å². The number of thiazole rings is 1. The van der Waals surface area contributed by atoms with Crippen molar-refractivity contribution in [3.05, 3.63) is 45.9 Å². The Labute approximate surface area is 200 Å². The molecule has 6 nitrogen and oxygen atoms in total. The largest absolute Gasteiger partial charge is 0.508 e. The number of piperidine rings is 1. The van der Waals surface area contributed by atoms with Crippen molar-refractivity contribution in [2.24, 2.45) is 5.92 Å². The quantitative estimate of drug-likeness (QED) is 0.701. The standard InChI is InChI=1S/C26H35N3O3S/c1-18-3-6-22(30)14-23(18)25-7-10-28(24(31)13-21-16-33-17-27-21)12-9-26(25,32)19(2)29(11-8-25)15-20-4-5-20/h3,6,14,16-17,19-20,30,32H,4-5,7-13,15H2,1-2H3. The van der Waals surface area contributed by atoms with Crippen LogP contribution in [-0.4, -0.2) is 68.7 Å². The summed E-state index contributed by atoms with van der Waals surface area (Å²) in [5, 5.41) is 24.9. The van der Waals surface area contributed by atoms with Gasteiger partial charge in [0.25, 0.3) is 0 Å². The van der Waals surface area contributed by atoms with Gasteiger partial charge in [-0.25, -0.2) is 4.98 Å². The molecule has 2 saturated heterocycles. The van der Waals surface area contributed by atoms with E-state index in [4.69, 9.17) is 0 Å². The van der Waals surface area contributed by atoms with Gasteiger partial charge in [0.15, 0.2) is 0 Å². The molecule has 3 aliphatic rings. The number of carbonyl (C=O) groups excluding carboxylic acids is 1. The van der Waals surface area contributed by atoms with E-state index in [0.29, 0.717) is 32.4 Å². The molecule has 3 unspecified atom stereocenters. The lowest BCUT2D eigenvalue weighted by atomic mass is 9.57. The molecular formula is C26H35N3O3S. The number of hydrogen-bond donors (Lipinski definition) is 2. The van der Waals surface area contributed by atoms with Crippen LogP contribution in [0.15, 0.2) is 29.1 Å². The first-order valence-corrected chi connectivity index (χ1v) is 13.2. The van der Waals surface area contributed by atoms with E-state index >= 15 is 0 Å². The van der Waals surface area contributed by atoms with Gasteiger partial charge in [-0.05, 0) is 81.7 Å². The summed E-state index contributed by atoms with van der Waals surface area (Å²) < 4.78 is 0. The van der Waals surface area contributed by atoms with E-state index in [9.17, 15) is 15.0 Å². The number of aromatic hydroxyl groups is 1. The molecule has 2 N–H and O–H groups in total. The highest BCUT2D eigenvalue weighted by atomic mass is 32.1. The lowest BCUT2D eigenvalue weighted by Crippen LogP contribution is -2.68. The molecule has 0 bridgehead atoms. The predicted molar refractivity (Wildman–Crippen MR) is 129 cm³/mol. The molecular weight excluding hydrogens is 434 g/mol. The van der Waals surface area contributed by atoms with Crippen LogP contribution in [-0.2, 0) is 16.6 Å². The highest BCUT2D eigenvalue weighted by Gasteiger charge is 2.59. The number of aryl methyl sites for hydroxylation is 1. The summed E-state index contributed by atoms with van der Waals surface area (Å²) in [6, 6.07) is 5.52. The number of nitrogens with zero attached hydrogens (tertiary/aromatic N) is 3. The van der Waals surface area contributed by atoms with Crippen molar-refractivity contribution in [1.29, 1.82) is 0 Å². The van der Waals surface area contributed by atoms with Crippen molar-refractivity contribution >= 4 is 17.2 Å². The molecule has 2 aromatic rings. The third kappa shape index (κ3) is 4.08. The molecule has 3 fully saturated rings. The normalized spacial score (nSPS) is 30.6. The van der Waals surface area contributed by atoms with Crippen molar-refractivity contribution in [3.63, 3.8) is 0 Å². The van der Waals surface area contributed by atoms with Crippen LogP contribution in [0.25, 0.3) is 0 Å². The second kappa shape index (κ2) is 8.67. The molecule has 1 aromatic heterocycles. The number of aliphatic hydroxyl groups is 1. The van der Waals surface area contributed by atoms with Gasteiger partial charge in [0.2, 0.25) is 5.91 Å². The Morgan fingerprint density at radius 1 is 1.21 bits per heavy atom. The first-order chi connectivity index (χ1) is 15.8. The van der Waals surface area contributed by atoms with Crippen LogP contribution >= 0.6 is 11.3 Å².